The van der Waals surface area contributed by atoms with Gasteiger partial charge in [0.25, 0.3) is 0 Å². The fraction of sp³-hybridized carbons (Fsp3) is 0.867. The van der Waals surface area contributed by atoms with Crippen molar-refractivity contribution in [2.75, 3.05) is 13.2 Å². The number of amides is 1. The zero-order valence-electron chi connectivity index (χ0n) is 26.1. The second kappa shape index (κ2) is 18.0. The summed E-state index contributed by atoms with van der Waals surface area (Å²) >= 11 is 0. The summed E-state index contributed by atoms with van der Waals surface area (Å²) in [4.78, 5) is 23.3. The van der Waals surface area contributed by atoms with Gasteiger partial charge in [0.1, 0.15) is 5.60 Å². The number of rotatable bonds is 10. The summed E-state index contributed by atoms with van der Waals surface area (Å²) in [6.45, 7) is 35.6. The molecule has 2 atom stereocenters. The first-order valence-electron chi connectivity index (χ1n) is 13.5. The Bertz CT molecular complexity index is 589. The van der Waals surface area contributed by atoms with Crippen molar-refractivity contribution in [2.24, 2.45) is 22.7 Å². The number of ether oxygens (including phenoxy) is 2. The normalized spacial score (nSPS) is 13.5. The molecule has 1 amide bonds. The molecule has 0 bridgehead atoms. The quantitative estimate of drug-likeness (QED) is 0.188. The highest BCUT2D eigenvalue weighted by molar-refractivity contribution is 5.91. The van der Waals surface area contributed by atoms with Crippen LogP contribution in [0.4, 0.5) is 0 Å². The smallest absolute Gasteiger partial charge is 0.310 e. The maximum absolute atomic E-state index is 12.0. The number of carbonyl (C=O) groups excluding carboxylic acids is 2. The first-order chi connectivity index (χ1) is 15.7. The van der Waals surface area contributed by atoms with Crippen molar-refractivity contribution < 1.29 is 19.1 Å². The molecule has 0 aliphatic carbocycles. The number of nitrogens with one attached hydrogen (secondary N) is 1. The maximum Gasteiger partial charge on any atom is 0.310 e. The standard InChI is InChI=1S/C15H29NO2.C13H26O2.C2H6/c1-7-13(11-15(4,5)6)18-10-8-9-16-14(17)12(2)3;1-9(2)10(12(3,4)5)11(14)15-13(6,7)8;1-2/h13H,2,7-11H2,1,3-6H3,(H,16,17);9-10H,1-8H3;1-2H3. The van der Waals surface area contributed by atoms with E-state index in [1.54, 1.807) is 6.92 Å². The van der Waals surface area contributed by atoms with Gasteiger partial charge in [0.15, 0.2) is 0 Å². The molecule has 0 aliphatic rings. The summed E-state index contributed by atoms with van der Waals surface area (Å²) in [5.74, 6) is 0.110. The van der Waals surface area contributed by atoms with E-state index >= 15 is 0 Å². The van der Waals surface area contributed by atoms with Crippen LogP contribution in [0, 0.1) is 22.7 Å². The van der Waals surface area contributed by atoms with Crippen molar-refractivity contribution >= 4 is 11.9 Å². The lowest BCUT2D eigenvalue weighted by Crippen LogP contribution is -2.38. The predicted molar refractivity (Wildman–Crippen MR) is 152 cm³/mol. The molecule has 0 aromatic rings. The van der Waals surface area contributed by atoms with Crippen molar-refractivity contribution in [2.45, 2.75) is 135 Å². The van der Waals surface area contributed by atoms with Crippen LogP contribution < -0.4 is 5.32 Å². The van der Waals surface area contributed by atoms with Crippen LogP contribution in [0.5, 0.6) is 0 Å². The average Bonchev–Trinajstić information content (AvgIpc) is 2.64. The van der Waals surface area contributed by atoms with Crippen LogP contribution in [-0.4, -0.2) is 36.7 Å². The number of esters is 1. The van der Waals surface area contributed by atoms with E-state index in [0.29, 0.717) is 36.2 Å². The van der Waals surface area contributed by atoms with Crippen LogP contribution in [0.3, 0.4) is 0 Å². The summed E-state index contributed by atoms with van der Waals surface area (Å²) in [6, 6.07) is 0. The molecule has 0 saturated carbocycles. The second-order valence-corrected chi connectivity index (χ2v) is 12.7. The zero-order chi connectivity index (χ0) is 28.6. The molecule has 0 aromatic heterocycles. The van der Waals surface area contributed by atoms with E-state index in [9.17, 15) is 9.59 Å². The van der Waals surface area contributed by atoms with Crippen molar-refractivity contribution in [1.82, 2.24) is 5.32 Å². The van der Waals surface area contributed by atoms with Crippen LogP contribution >= 0.6 is 0 Å². The van der Waals surface area contributed by atoms with E-state index in [1.807, 2.05) is 34.6 Å². The molecule has 5 nitrogen and oxygen atoms in total. The first-order valence-corrected chi connectivity index (χ1v) is 13.5. The number of carbonyl (C=O) groups is 2. The van der Waals surface area contributed by atoms with Crippen LogP contribution in [0.25, 0.3) is 0 Å². The lowest BCUT2D eigenvalue weighted by atomic mass is 9.74. The Morgan fingerprint density at radius 3 is 1.74 bits per heavy atom. The van der Waals surface area contributed by atoms with Crippen molar-refractivity contribution in [3.8, 4) is 0 Å². The van der Waals surface area contributed by atoms with Gasteiger partial charge in [-0.15, -0.1) is 0 Å². The minimum Gasteiger partial charge on any atom is -0.460 e. The molecule has 2 unspecified atom stereocenters. The molecule has 1 N–H and O–H groups in total. The summed E-state index contributed by atoms with van der Waals surface area (Å²) in [6.07, 6.45) is 3.28. The van der Waals surface area contributed by atoms with Gasteiger partial charge in [0.05, 0.1) is 12.0 Å². The topological polar surface area (TPSA) is 64.6 Å². The average molecular weight is 500 g/mol. The highest BCUT2D eigenvalue weighted by Gasteiger charge is 2.36. The summed E-state index contributed by atoms with van der Waals surface area (Å²) < 4.78 is 11.3. The molecule has 0 radical (unpaired) electrons. The van der Waals surface area contributed by atoms with Crippen LogP contribution in [-0.2, 0) is 19.1 Å². The molecule has 0 aromatic carbocycles. The monoisotopic (exact) mass is 499 g/mol. The van der Waals surface area contributed by atoms with Gasteiger partial charge in [-0.05, 0) is 63.7 Å². The van der Waals surface area contributed by atoms with E-state index in [1.165, 1.54) is 0 Å². The van der Waals surface area contributed by atoms with E-state index < -0.39 is 5.60 Å². The molecule has 0 saturated heterocycles. The molecule has 0 aliphatic heterocycles. The van der Waals surface area contributed by atoms with Crippen LogP contribution in [0.1, 0.15) is 123 Å². The number of hydrogen-bond donors (Lipinski definition) is 1. The van der Waals surface area contributed by atoms with Crippen molar-refractivity contribution in [1.29, 1.82) is 0 Å². The highest BCUT2D eigenvalue weighted by Crippen LogP contribution is 2.34. The predicted octanol–water partition coefficient (Wildman–Crippen LogP) is 7.97. The van der Waals surface area contributed by atoms with Crippen molar-refractivity contribution in [3.05, 3.63) is 12.2 Å². The Balaban J connectivity index is -0.000000554. The molecule has 35 heavy (non-hydrogen) atoms. The van der Waals surface area contributed by atoms with Crippen molar-refractivity contribution in [3.63, 3.8) is 0 Å². The lowest BCUT2D eigenvalue weighted by molar-refractivity contribution is -0.166. The Kier molecular flexibility index (Phi) is 19.6. The third kappa shape index (κ3) is 22.8. The third-order valence-corrected chi connectivity index (χ3v) is 4.90. The summed E-state index contributed by atoms with van der Waals surface area (Å²) in [5, 5.41) is 2.80. The second-order valence-electron chi connectivity index (χ2n) is 12.7. The highest BCUT2D eigenvalue weighted by atomic mass is 16.6. The Morgan fingerprint density at radius 1 is 0.943 bits per heavy atom. The fourth-order valence-corrected chi connectivity index (χ4v) is 3.67. The minimum atomic E-state index is -0.393. The van der Waals surface area contributed by atoms with E-state index in [4.69, 9.17) is 9.47 Å². The molecular formula is C30H61NO4. The Labute approximate surface area is 219 Å². The summed E-state index contributed by atoms with van der Waals surface area (Å²) in [5.41, 5.74) is 0.413. The molecule has 5 heteroatoms. The first kappa shape index (κ1) is 38.2. The third-order valence-electron chi connectivity index (χ3n) is 4.90. The van der Waals surface area contributed by atoms with E-state index in [2.05, 4.69) is 74.2 Å². The van der Waals surface area contributed by atoms with Gasteiger partial charge in [0.2, 0.25) is 5.91 Å². The Morgan fingerprint density at radius 2 is 1.43 bits per heavy atom. The lowest BCUT2D eigenvalue weighted by Gasteiger charge is -2.34. The van der Waals surface area contributed by atoms with Gasteiger partial charge in [-0.2, -0.15) is 0 Å². The molecular weight excluding hydrogens is 438 g/mol. The maximum atomic E-state index is 12.0. The van der Waals surface area contributed by atoms with Gasteiger partial charge >= 0.3 is 5.97 Å². The van der Waals surface area contributed by atoms with Gasteiger partial charge < -0.3 is 14.8 Å². The molecule has 210 valence electrons. The van der Waals surface area contributed by atoms with E-state index in [-0.39, 0.29) is 23.2 Å². The molecule has 0 fully saturated rings. The van der Waals surface area contributed by atoms with E-state index in [0.717, 1.165) is 19.3 Å². The number of hydrogen-bond acceptors (Lipinski definition) is 4. The molecule has 0 heterocycles. The zero-order valence-corrected chi connectivity index (χ0v) is 26.1. The largest absolute Gasteiger partial charge is 0.460 e. The van der Waals surface area contributed by atoms with Crippen LogP contribution in [0.2, 0.25) is 0 Å². The Hall–Kier alpha value is -1.36. The van der Waals surface area contributed by atoms with Gasteiger partial charge in [-0.1, -0.05) is 82.7 Å². The minimum absolute atomic E-state index is 0.0447. The molecule has 0 rings (SSSR count). The van der Waals surface area contributed by atoms with Crippen LogP contribution in [0.15, 0.2) is 12.2 Å². The van der Waals surface area contributed by atoms with Gasteiger partial charge in [-0.3, -0.25) is 9.59 Å². The molecule has 0 spiro atoms. The SMILES string of the molecule is C=C(C)C(=O)NCCCOC(CC)CC(C)(C)C.CC.CC(C)C(C(=O)OC(C)(C)C)C(C)(C)C. The summed E-state index contributed by atoms with van der Waals surface area (Å²) in [7, 11) is 0. The van der Waals surface area contributed by atoms with Gasteiger partial charge in [-0.25, -0.2) is 0 Å². The fourth-order valence-electron chi connectivity index (χ4n) is 3.67. The van der Waals surface area contributed by atoms with Gasteiger partial charge in [0, 0.05) is 18.7 Å².